The van der Waals surface area contributed by atoms with Gasteiger partial charge in [-0.3, -0.25) is 0 Å². The van der Waals surface area contributed by atoms with Crippen molar-refractivity contribution < 1.29 is 9.15 Å². The molecule has 2 rings (SSSR count). The maximum Gasteiger partial charge on any atom is 0.281 e. The molecule has 2 aromatic rings. The highest BCUT2D eigenvalue weighted by Crippen LogP contribution is 2.33. The molecule has 1 aromatic heterocycles. The zero-order chi connectivity index (χ0) is 11.5. The molecule has 0 fully saturated rings. The lowest BCUT2D eigenvalue weighted by molar-refractivity contribution is 0.413. The van der Waals surface area contributed by atoms with Gasteiger partial charge in [-0.25, -0.2) is 0 Å². The molecule has 0 saturated heterocycles. The average molecular weight is 237 g/mol. The summed E-state index contributed by atoms with van der Waals surface area (Å²) in [6.07, 6.45) is 0. The fraction of sp³-hybridized carbons (Fsp3) is 0.200. The van der Waals surface area contributed by atoms with Crippen LogP contribution in [-0.4, -0.2) is 17.3 Å². The average Bonchev–Trinajstić information content (AvgIpc) is 2.67. The Kier molecular flexibility index (Phi) is 3.00. The lowest BCUT2D eigenvalue weighted by Gasteiger charge is -2.05. The number of benzene rings is 1. The second-order valence-electron chi connectivity index (χ2n) is 3.09. The molecule has 0 aliphatic heterocycles. The molecular formula is C10H11N3O2S. The number of hydrogen-bond donors (Lipinski definition) is 1. The van der Waals surface area contributed by atoms with Gasteiger partial charge in [0.1, 0.15) is 5.75 Å². The Morgan fingerprint density at radius 3 is 2.81 bits per heavy atom. The molecular weight excluding hydrogens is 226 g/mol. The van der Waals surface area contributed by atoms with E-state index in [1.54, 1.807) is 26.2 Å². The largest absolute Gasteiger partial charge is 0.497 e. The number of rotatable bonds is 3. The monoisotopic (exact) mass is 237 g/mol. The Bertz CT molecular complexity index is 499. The van der Waals surface area contributed by atoms with Gasteiger partial charge in [-0.05, 0) is 30.0 Å². The molecule has 1 aromatic carbocycles. The molecule has 1 heterocycles. The predicted molar refractivity (Wildman–Crippen MR) is 60.6 cm³/mol. The lowest BCUT2D eigenvalue weighted by Crippen LogP contribution is -1.90. The zero-order valence-electron chi connectivity index (χ0n) is 8.93. The Morgan fingerprint density at radius 1 is 1.38 bits per heavy atom. The Hall–Kier alpha value is -1.69. The smallest absolute Gasteiger partial charge is 0.281 e. The molecule has 16 heavy (non-hydrogen) atoms. The molecule has 0 aliphatic carbocycles. The SMILES string of the molecule is COc1ccc(N)c(Sc2nnc(C)o2)c1. The number of anilines is 1. The van der Waals surface area contributed by atoms with Crippen LogP contribution in [0.3, 0.4) is 0 Å². The summed E-state index contributed by atoms with van der Waals surface area (Å²) in [7, 11) is 1.61. The van der Waals surface area contributed by atoms with Crippen LogP contribution in [0, 0.1) is 6.92 Å². The molecule has 0 amide bonds. The third-order valence-electron chi connectivity index (χ3n) is 1.93. The van der Waals surface area contributed by atoms with Crippen molar-refractivity contribution in [1.29, 1.82) is 0 Å². The Morgan fingerprint density at radius 2 is 2.19 bits per heavy atom. The number of nitrogens with two attached hydrogens (primary N) is 1. The van der Waals surface area contributed by atoms with Gasteiger partial charge in [-0.2, -0.15) is 0 Å². The second kappa shape index (κ2) is 4.44. The van der Waals surface area contributed by atoms with E-state index in [0.717, 1.165) is 10.6 Å². The van der Waals surface area contributed by atoms with E-state index < -0.39 is 0 Å². The second-order valence-corrected chi connectivity index (χ2v) is 4.09. The van der Waals surface area contributed by atoms with E-state index in [1.807, 2.05) is 6.07 Å². The molecule has 6 heteroatoms. The van der Waals surface area contributed by atoms with Gasteiger partial charge in [0, 0.05) is 17.5 Å². The summed E-state index contributed by atoms with van der Waals surface area (Å²) < 4.78 is 10.4. The van der Waals surface area contributed by atoms with Gasteiger partial charge in [0.05, 0.1) is 7.11 Å². The molecule has 0 bridgehead atoms. The zero-order valence-corrected chi connectivity index (χ0v) is 9.75. The molecule has 0 spiro atoms. The summed E-state index contributed by atoms with van der Waals surface area (Å²) in [5, 5.41) is 8.10. The highest BCUT2D eigenvalue weighted by molar-refractivity contribution is 7.99. The Balaban J connectivity index is 2.26. The van der Waals surface area contributed by atoms with Crippen molar-refractivity contribution in [3.05, 3.63) is 24.1 Å². The highest BCUT2D eigenvalue weighted by atomic mass is 32.2. The quantitative estimate of drug-likeness (QED) is 0.824. The van der Waals surface area contributed by atoms with Gasteiger partial charge in [-0.15, -0.1) is 10.2 Å². The van der Waals surface area contributed by atoms with Crippen LogP contribution in [0.25, 0.3) is 0 Å². The topological polar surface area (TPSA) is 74.2 Å². The van der Waals surface area contributed by atoms with E-state index >= 15 is 0 Å². The maximum atomic E-state index is 5.83. The van der Waals surface area contributed by atoms with Crippen LogP contribution in [0.1, 0.15) is 5.89 Å². The number of nitrogens with zero attached hydrogens (tertiary/aromatic N) is 2. The van der Waals surface area contributed by atoms with Crippen LogP contribution < -0.4 is 10.5 Å². The van der Waals surface area contributed by atoms with E-state index in [1.165, 1.54) is 11.8 Å². The normalized spacial score (nSPS) is 10.4. The van der Waals surface area contributed by atoms with Gasteiger partial charge in [-0.1, -0.05) is 0 Å². The molecule has 84 valence electrons. The van der Waals surface area contributed by atoms with Gasteiger partial charge >= 0.3 is 0 Å². The number of aryl methyl sites for hydroxylation is 1. The first-order valence-electron chi connectivity index (χ1n) is 4.60. The minimum atomic E-state index is 0.470. The van der Waals surface area contributed by atoms with Crippen molar-refractivity contribution in [3.8, 4) is 5.75 Å². The summed E-state index contributed by atoms with van der Waals surface area (Å²) in [5.41, 5.74) is 6.49. The third kappa shape index (κ3) is 2.27. The minimum absolute atomic E-state index is 0.470. The first-order valence-corrected chi connectivity index (χ1v) is 5.42. The van der Waals surface area contributed by atoms with Crippen molar-refractivity contribution in [2.45, 2.75) is 17.0 Å². The predicted octanol–water partition coefficient (Wildman–Crippen LogP) is 2.12. The van der Waals surface area contributed by atoms with Gasteiger partial charge in [0.25, 0.3) is 5.22 Å². The number of ether oxygens (including phenoxy) is 1. The van der Waals surface area contributed by atoms with Gasteiger partial charge < -0.3 is 14.9 Å². The fourth-order valence-electron chi connectivity index (χ4n) is 1.14. The van der Waals surface area contributed by atoms with Gasteiger partial charge in [0.15, 0.2) is 0 Å². The fourth-order valence-corrected chi connectivity index (χ4v) is 1.94. The molecule has 0 saturated carbocycles. The van der Waals surface area contributed by atoms with Crippen molar-refractivity contribution in [2.24, 2.45) is 0 Å². The molecule has 0 radical (unpaired) electrons. The van der Waals surface area contributed by atoms with Gasteiger partial charge in [0.2, 0.25) is 5.89 Å². The van der Waals surface area contributed by atoms with Crippen LogP contribution in [0.2, 0.25) is 0 Å². The highest BCUT2D eigenvalue weighted by Gasteiger charge is 2.08. The van der Waals surface area contributed by atoms with E-state index in [-0.39, 0.29) is 0 Å². The number of nitrogen functional groups attached to an aromatic ring is 1. The lowest BCUT2D eigenvalue weighted by atomic mass is 10.3. The summed E-state index contributed by atoms with van der Waals surface area (Å²) in [6, 6.07) is 5.42. The summed E-state index contributed by atoms with van der Waals surface area (Å²) in [6.45, 7) is 1.74. The van der Waals surface area contributed by atoms with E-state index in [0.29, 0.717) is 16.8 Å². The van der Waals surface area contributed by atoms with Crippen LogP contribution in [0.15, 0.2) is 32.7 Å². The molecule has 2 N–H and O–H groups in total. The standard InChI is InChI=1S/C10H11N3O2S/c1-6-12-13-10(15-6)16-9-5-7(14-2)3-4-8(9)11/h3-5H,11H2,1-2H3. The number of methoxy groups -OCH3 is 1. The van der Waals surface area contributed by atoms with Crippen molar-refractivity contribution >= 4 is 17.4 Å². The van der Waals surface area contributed by atoms with Crippen LogP contribution in [0.5, 0.6) is 5.75 Å². The maximum absolute atomic E-state index is 5.83. The van der Waals surface area contributed by atoms with Crippen molar-refractivity contribution in [2.75, 3.05) is 12.8 Å². The molecule has 0 atom stereocenters. The van der Waals surface area contributed by atoms with E-state index in [9.17, 15) is 0 Å². The molecule has 5 nitrogen and oxygen atoms in total. The molecule has 0 unspecified atom stereocenters. The van der Waals surface area contributed by atoms with Crippen LogP contribution >= 0.6 is 11.8 Å². The first kappa shape index (κ1) is 10.8. The summed E-state index contributed by atoms with van der Waals surface area (Å²) in [5.74, 6) is 1.27. The molecule has 0 aliphatic rings. The van der Waals surface area contributed by atoms with E-state index in [2.05, 4.69) is 10.2 Å². The summed E-state index contributed by atoms with van der Waals surface area (Å²) in [4.78, 5) is 0.836. The number of aromatic nitrogens is 2. The van der Waals surface area contributed by atoms with Crippen molar-refractivity contribution in [1.82, 2.24) is 10.2 Å². The Labute approximate surface area is 97.0 Å². The summed E-state index contributed by atoms with van der Waals surface area (Å²) >= 11 is 1.32. The first-order chi connectivity index (χ1) is 7.69. The minimum Gasteiger partial charge on any atom is -0.497 e. The number of hydrogen-bond acceptors (Lipinski definition) is 6. The third-order valence-corrected chi connectivity index (χ3v) is 2.84. The van der Waals surface area contributed by atoms with E-state index in [4.69, 9.17) is 14.9 Å². The van der Waals surface area contributed by atoms with Crippen molar-refractivity contribution in [3.63, 3.8) is 0 Å². The van der Waals surface area contributed by atoms with Crippen LogP contribution in [-0.2, 0) is 0 Å². The van der Waals surface area contributed by atoms with Crippen LogP contribution in [0.4, 0.5) is 5.69 Å².